The van der Waals surface area contributed by atoms with Crippen LogP contribution in [0.1, 0.15) is 46.5 Å². The summed E-state index contributed by atoms with van der Waals surface area (Å²) in [6.45, 7) is 5.34. The fraction of sp³-hybridized carbons (Fsp3) is 0.867. The van der Waals surface area contributed by atoms with Crippen molar-refractivity contribution in [2.75, 3.05) is 13.7 Å². The number of hydrogen-bond acceptors (Lipinski definition) is 4. The van der Waals surface area contributed by atoms with Gasteiger partial charge in [0.15, 0.2) is 5.78 Å². The molecule has 1 saturated carbocycles. The van der Waals surface area contributed by atoms with Gasteiger partial charge in [-0.2, -0.15) is 0 Å². The number of carbonyl (C=O) groups excluding carboxylic acids is 2. The molecule has 1 rings (SSSR count). The molecule has 5 nitrogen and oxygen atoms in total. The maximum Gasteiger partial charge on any atom is 0.246 e. The Balaban J connectivity index is 2.33. The molecule has 20 heavy (non-hydrogen) atoms. The molecule has 1 fully saturated rings. The van der Waals surface area contributed by atoms with Crippen molar-refractivity contribution in [2.45, 2.75) is 64.7 Å². The Hall–Kier alpha value is -0.940. The first-order valence-electron chi connectivity index (χ1n) is 7.38. The summed E-state index contributed by atoms with van der Waals surface area (Å²) in [5.41, 5.74) is 0. The molecule has 0 aromatic heterocycles. The molecule has 0 saturated heterocycles. The minimum absolute atomic E-state index is 0.0115. The molecule has 1 N–H and O–H groups in total. The minimum Gasteiger partial charge on any atom is -0.381 e. The summed E-state index contributed by atoms with van der Waals surface area (Å²) in [6.07, 6.45) is 4.24. The molecule has 0 aliphatic heterocycles. The molecule has 1 amide bonds. The largest absolute Gasteiger partial charge is 0.381 e. The van der Waals surface area contributed by atoms with E-state index in [2.05, 4.69) is 5.32 Å². The molecule has 3 unspecified atom stereocenters. The summed E-state index contributed by atoms with van der Waals surface area (Å²) in [7, 11) is 1.71. The van der Waals surface area contributed by atoms with Crippen LogP contribution < -0.4 is 5.32 Å². The van der Waals surface area contributed by atoms with Crippen molar-refractivity contribution in [1.82, 2.24) is 5.32 Å². The second kappa shape index (κ2) is 8.37. The van der Waals surface area contributed by atoms with Crippen molar-refractivity contribution < 1.29 is 19.1 Å². The smallest absolute Gasteiger partial charge is 0.246 e. The fourth-order valence-corrected chi connectivity index (χ4v) is 2.61. The van der Waals surface area contributed by atoms with E-state index in [-0.39, 0.29) is 36.4 Å². The van der Waals surface area contributed by atoms with E-state index in [0.717, 1.165) is 25.7 Å². The average molecular weight is 285 g/mol. The highest BCUT2D eigenvalue weighted by atomic mass is 16.5. The van der Waals surface area contributed by atoms with E-state index in [4.69, 9.17) is 9.47 Å². The zero-order chi connectivity index (χ0) is 15.1. The Bertz CT molecular complexity index is 330. The molecular weight excluding hydrogens is 258 g/mol. The number of Topliss-reactive ketones (excluding diaryl/α,β-unsaturated/α-hetero) is 1. The number of amides is 1. The van der Waals surface area contributed by atoms with E-state index in [1.165, 1.54) is 6.92 Å². The van der Waals surface area contributed by atoms with Crippen molar-refractivity contribution in [3.8, 4) is 0 Å². The molecule has 1 aliphatic carbocycles. The summed E-state index contributed by atoms with van der Waals surface area (Å²) in [5.74, 6) is -0.159. The normalized spacial score (nSPS) is 24.4. The predicted molar refractivity (Wildman–Crippen MR) is 76.5 cm³/mol. The Morgan fingerprint density at radius 2 is 1.90 bits per heavy atom. The Kier molecular flexibility index (Phi) is 7.16. The van der Waals surface area contributed by atoms with E-state index in [9.17, 15) is 9.59 Å². The number of methoxy groups -OCH3 is 1. The van der Waals surface area contributed by atoms with E-state index < -0.39 is 6.04 Å². The SMILES string of the molecule is COC1CCCC(OCC(=O)NC(C(C)=O)C(C)C)C1. The first kappa shape index (κ1) is 17.1. The monoisotopic (exact) mass is 285 g/mol. The predicted octanol–water partition coefficient (Wildman–Crippen LogP) is 1.69. The summed E-state index contributed by atoms with van der Waals surface area (Å²) in [4.78, 5) is 23.3. The van der Waals surface area contributed by atoms with Gasteiger partial charge in [-0.15, -0.1) is 0 Å². The second-order valence-corrected chi connectivity index (χ2v) is 5.86. The number of hydrogen-bond donors (Lipinski definition) is 1. The van der Waals surface area contributed by atoms with E-state index in [1.807, 2.05) is 13.8 Å². The maximum absolute atomic E-state index is 11.8. The lowest BCUT2D eigenvalue weighted by atomic mass is 9.95. The highest BCUT2D eigenvalue weighted by Gasteiger charge is 2.24. The molecule has 5 heteroatoms. The summed E-state index contributed by atoms with van der Waals surface area (Å²) in [5, 5.41) is 2.74. The van der Waals surface area contributed by atoms with Gasteiger partial charge >= 0.3 is 0 Å². The quantitative estimate of drug-likeness (QED) is 0.773. The fourth-order valence-electron chi connectivity index (χ4n) is 2.61. The molecule has 0 aromatic rings. The van der Waals surface area contributed by atoms with Gasteiger partial charge < -0.3 is 14.8 Å². The van der Waals surface area contributed by atoms with Crippen LogP contribution in [0.4, 0.5) is 0 Å². The van der Waals surface area contributed by atoms with E-state index >= 15 is 0 Å². The van der Waals surface area contributed by atoms with Gasteiger partial charge in [0.2, 0.25) is 5.91 Å². The van der Waals surface area contributed by atoms with Crippen molar-refractivity contribution in [3.63, 3.8) is 0 Å². The third-order valence-electron chi connectivity index (χ3n) is 3.78. The number of nitrogens with one attached hydrogen (secondary N) is 1. The molecule has 0 aromatic carbocycles. The van der Waals surface area contributed by atoms with Crippen LogP contribution in [-0.4, -0.2) is 43.7 Å². The lowest BCUT2D eigenvalue weighted by Crippen LogP contribution is -2.45. The molecule has 0 heterocycles. The maximum atomic E-state index is 11.8. The number of ether oxygens (including phenoxy) is 2. The van der Waals surface area contributed by atoms with Crippen LogP contribution >= 0.6 is 0 Å². The van der Waals surface area contributed by atoms with Gasteiger partial charge in [0, 0.05) is 7.11 Å². The van der Waals surface area contributed by atoms with Crippen LogP contribution in [0.3, 0.4) is 0 Å². The molecule has 3 atom stereocenters. The number of carbonyl (C=O) groups is 2. The van der Waals surface area contributed by atoms with Gasteiger partial charge in [-0.1, -0.05) is 13.8 Å². The zero-order valence-electron chi connectivity index (χ0n) is 13.0. The van der Waals surface area contributed by atoms with Crippen molar-refractivity contribution in [3.05, 3.63) is 0 Å². The Morgan fingerprint density at radius 1 is 1.25 bits per heavy atom. The third-order valence-corrected chi connectivity index (χ3v) is 3.78. The van der Waals surface area contributed by atoms with Crippen LogP contribution in [0.5, 0.6) is 0 Å². The van der Waals surface area contributed by atoms with Gasteiger partial charge in [0.25, 0.3) is 0 Å². The van der Waals surface area contributed by atoms with E-state index in [1.54, 1.807) is 7.11 Å². The van der Waals surface area contributed by atoms with Crippen LogP contribution in [0.2, 0.25) is 0 Å². The van der Waals surface area contributed by atoms with Crippen molar-refractivity contribution in [1.29, 1.82) is 0 Å². The second-order valence-electron chi connectivity index (χ2n) is 5.86. The van der Waals surface area contributed by atoms with Gasteiger partial charge in [0.1, 0.15) is 6.61 Å². The average Bonchev–Trinajstić information content (AvgIpc) is 2.42. The van der Waals surface area contributed by atoms with E-state index in [0.29, 0.717) is 0 Å². The Morgan fingerprint density at radius 3 is 2.45 bits per heavy atom. The number of ketones is 1. The lowest BCUT2D eigenvalue weighted by Gasteiger charge is -2.28. The van der Waals surface area contributed by atoms with Crippen LogP contribution in [-0.2, 0) is 19.1 Å². The molecule has 1 aliphatic rings. The standard InChI is InChI=1S/C15H27NO4/c1-10(2)15(11(3)17)16-14(18)9-20-13-7-5-6-12(8-13)19-4/h10,12-13,15H,5-9H2,1-4H3,(H,16,18). The van der Waals surface area contributed by atoms with Gasteiger partial charge in [-0.3, -0.25) is 9.59 Å². The summed E-state index contributed by atoms with van der Waals surface area (Å²) in [6, 6.07) is -0.427. The Labute approximate surface area is 121 Å². The van der Waals surface area contributed by atoms with Gasteiger partial charge in [-0.25, -0.2) is 0 Å². The van der Waals surface area contributed by atoms with Crippen molar-refractivity contribution in [2.24, 2.45) is 5.92 Å². The summed E-state index contributed by atoms with van der Waals surface area (Å²) >= 11 is 0. The summed E-state index contributed by atoms with van der Waals surface area (Å²) < 4.78 is 11.0. The first-order chi connectivity index (χ1) is 9.43. The molecule has 0 radical (unpaired) electrons. The lowest BCUT2D eigenvalue weighted by molar-refractivity contribution is -0.133. The zero-order valence-corrected chi connectivity index (χ0v) is 13.0. The molecule has 0 spiro atoms. The van der Waals surface area contributed by atoms with Crippen LogP contribution in [0.25, 0.3) is 0 Å². The molecule has 116 valence electrons. The van der Waals surface area contributed by atoms with Crippen LogP contribution in [0.15, 0.2) is 0 Å². The topological polar surface area (TPSA) is 64.6 Å². The van der Waals surface area contributed by atoms with Crippen molar-refractivity contribution >= 4 is 11.7 Å². The van der Waals surface area contributed by atoms with Gasteiger partial charge in [0.05, 0.1) is 18.2 Å². The first-order valence-corrected chi connectivity index (χ1v) is 7.38. The minimum atomic E-state index is -0.427. The molecular formula is C15H27NO4. The highest BCUT2D eigenvalue weighted by Crippen LogP contribution is 2.22. The highest BCUT2D eigenvalue weighted by molar-refractivity contribution is 5.88. The van der Waals surface area contributed by atoms with Gasteiger partial charge in [-0.05, 0) is 38.5 Å². The third kappa shape index (κ3) is 5.59. The molecule has 0 bridgehead atoms. The van der Waals surface area contributed by atoms with Crippen LogP contribution in [0, 0.1) is 5.92 Å². The number of rotatable bonds is 7.